The van der Waals surface area contributed by atoms with Gasteiger partial charge in [-0.1, -0.05) is 15.9 Å². The van der Waals surface area contributed by atoms with Crippen molar-refractivity contribution in [3.8, 4) is 5.75 Å². The zero-order valence-electron chi connectivity index (χ0n) is 9.97. The Labute approximate surface area is 122 Å². The van der Waals surface area contributed by atoms with E-state index in [1.807, 2.05) is 12.1 Å². The summed E-state index contributed by atoms with van der Waals surface area (Å²) < 4.78 is 7.48. The van der Waals surface area contributed by atoms with Crippen molar-refractivity contribution in [1.29, 1.82) is 0 Å². The van der Waals surface area contributed by atoms with Crippen molar-refractivity contribution < 1.29 is 4.74 Å². The summed E-state index contributed by atoms with van der Waals surface area (Å²) in [6, 6.07) is 8.28. The Hall–Kier alpha value is -1.000. The summed E-state index contributed by atoms with van der Waals surface area (Å²) in [7, 11) is 1.69. The van der Waals surface area contributed by atoms with Crippen molar-refractivity contribution in [3.63, 3.8) is 0 Å². The Balaban J connectivity index is 2.56. The van der Waals surface area contributed by atoms with Gasteiger partial charge in [-0.2, -0.15) is 0 Å². The van der Waals surface area contributed by atoms with Crippen LogP contribution in [0.15, 0.2) is 33.2 Å². The highest BCUT2D eigenvalue weighted by Gasteiger charge is 2.14. The zero-order chi connectivity index (χ0) is 12.9. The fraction of sp³-hybridized carbons (Fsp3) is 0.143. The van der Waals surface area contributed by atoms with Gasteiger partial charge in [0.2, 0.25) is 0 Å². The van der Waals surface area contributed by atoms with Crippen LogP contribution in [0.25, 0.3) is 21.8 Å². The van der Waals surface area contributed by atoms with Gasteiger partial charge in [-0.3, -0.25) is 0 Å². The number of ether oxygens (including phenoxy) is 1. The second kappa shape index (κ2) is 4.28. The van der Waals surface area contributed by atoms with Crippen molar-refractivity contribution in [2.24, 2.45) is 0 Å². The van der Waals surface area contributed by atoms with Crippen LogP contribution < -0.4 is 4.74 Å². The molecule has 92 valence electrons. The first-order valence-electron chi connectivity index (χ1n) is 5.56. The van der Waals surface area contributed by atoms with Crippen LogP contribution in [0.1, 0.15) is 5.56 Å². The van der Waals surface area contributed by atoms with Gasteiger partial charge in [0.1, 0.15) is 5.75 Å². The molecule has 3 aromatic rings. The minimum atomic E-state index is 0.862. The van der Waals surface area contributed by atoms with E-state index in [1.54, 1.807) is 7.11 Å². The van der Waals surface area contributed by atoms with Crippen LogP contribution >= 0.6 is 31.9 Å². The highest BCUT2D eigenvalue weighted by molar-refractivity contribution is 9.11. The van der Waals surface area contributed by atoms with Crippen LogP contribution in [-0.2, 0) is 0 Å². The number of halogens is 2. The highest BCUT2D eigenvalue weighted by Crippen LogP contribution is 2.40. The molecule has 0 amide bonds. The standard InChI is InChI=1S/C14H11Br2NO/c1-7-5-11(18-2)13(16)12-9-6-8(15)3-4-10(9)17-14(7)12/h3-6,17H,1-2H3. The molecule has 1 N–H and O–H groups in total. The van der Waals surface area contributed by atoms with Gasteiger partial charge in [0.05, 0.1) is 17.1 Å². The Kier molecular flexibility index (Phi) is 2.87. The van der Waals surface area contributed by atoms with E-state index < -0.39 is 0 Å². The third-order valence-electron chi connectivity index (χ3n) is 3.16. The van der Waals surface area contributed by atoms with Crippen LogP contribution in [0.4, 0.5) is 0 Å². The molecule has 0 atom stereocenters. The zero-order valence-corrected chi connectivity index (χ0v) is 13.1. The van der Waals surface area contributed by atoms with E-state index in [4.69, 9.17) is 4.74 Å². The molecule has 1 aromatic heterocycles. The van der Waals surface area contributed by atoms with E-state index >= 15 is 0 Å². The lowest BCUT2D eigenvalue weighted by molar-refractivity contribution is 0.412. The number of hydrogen-bond acceptors (Lipinski definition) is 1. The van der Waals surface area contributed by atoms with E-state index in [9.17, 15) is 0 Å². The quantitative estimate of drug-likeness (QED) is 0.630. The summed E-state index contributed by atoms with van der Waals surface area (Å²) >= 11 is 7.16. The predicted molar refractivity (Wildman–Crippen MR) is 82.5 cm³/mol. The molecule has 0 unspecified atom stereocenters. The lowest BCUT2D eigenvalue weighted by atomic mass is 10.1. The molecule has 0 saturated heterocycles. The smallest absolute Gasteiger partial charge is 0.134 e. The molecule has 3 rings (SSSR count). The van der Waals surface area contributed by atoms with E-state index in [1.165, 1.54) is 16.3 Å². The molecular weight excluding hydrogens is 358 g/mol. The summed E-state index contributed by atoms with van der Waals surface area (Å²) in [4.78, 5) is 3.46. The molecular formula is C14H11Br2NO. The van der Waals surface area contributed by atoms with Crippen molar-refractivity contribution in [2.45, 2.75) is 6.92 Å². The molecule has 0 aliphatic rings. The van der Waals surface area contributed by atoms with Crippen LogP contribution in [0, 0.1) is 6.92 Å². The molecule has 4 heteroatoms. The van der Waals surface area contributed by atoms with Gasteiger partial charge in [0.15, 0.2) is 0 Å². The first-order valence-corrected chi connectivity index (χ1v) is 7.14. The number of aromatic amines is 1. The molecule has 18 heavy (non-hydrogen) atoms. The Morgan fingerprint density at radius 2 is 1.94 bits per heavy atom. The molecule has 0 bridgehead atoms. The van der Waals surface area contributed by atoms with E-state index in [0.29, 0.717) is 0 Å². The van der Waals surface area contributed by atoms with Crippen molar-refractivity contribution >= 4 is 53.7 Å². The predicted octanol–water partition coefficient (Wildman–Crippen LogP) is 5.16. The summed E-state index contributed by atoms with van der Waals surface area (Å²) in [6.45, 7) is 2.09. The van der Waals surface area contributed by atoms with Gasteiger partial charge in [0.25, 0.3) is 0 Å². The minimum Gasteiger partial charge on any atom is -0.496 e. The molecule has 0 aliphatic carbocycles. The third kappa shape index (κ3) is 1.67. The number of fused-ring (bicyclic) bond motifs is 3. The van der Waals surface area contributed by atoms with Gasteiger partial charge in [0, 0.05) is 20.8 Å². The number of methoxy groups -OCH3 is 1. The minimum absolute atomic E-state index is 0.862. The third-order valence-corrected chi connectivity index (χ3v) is 4.44. The first-order chi connectivity index (χ1) is 8.61. The van der Waals surface area contributed by atoms with Crippen LogP contribution in [0.3, 0.4) is 0 Å². The molecule has 0 spiro atoms. The lowest BCUT2D eigenvalue weighted by Crippen LogP contribution is -1.87. The number of aryl methyl sites for hydroxylation is 1. The average molecular weight is 369 g/mol. The highest BCUT2D eigenvalue weighted by atomic mass is 79.9. The summed E-state index contributed by atoms with van der Waals surface area (Å²) in [5, 5.41) is 2.36. The monoisotopic (exact) mass is 367 g/mol. The number of hydrogen-bond donors (Lipinski definition) is 1. The molecule has 0 aliphatic heterocycles. The van der Waals surface area contributed by atoms with Crippen molar-refractivity contribution in [1.82, 2.24) is 4.98 Å². The van der Waals surface area contributed by atoms with Gasteiger partial charge in [-0.15, -0.1) is 0 Å². The van der Waals surface area contributed by atoms with Crippen LogP contribution in [0.2, 0.25) is 0 Å². The van der Waals surface area contributed by atoms with Crippen LogP contribution in [0.5, 0.6) is 5.75 Å². The maximum absolute atomic E-state index is 5.41. The van der Waals surface area contributed by atoms with Crippen molar-refractivity contribution in [3.05, 3.63) is 38.8 Å². The Bertz CT molecular complexity index is 761. The molecule has 0 fully saturated rings. The normalized spacial score (nSPS) is 11.3. The lowest BCUT2D eigenvalue weighted by Gasteiger charge is -2.07. The van der Waals surface area contributed by atoms with Crippen molar-refractivity contribution in [2.75, 3.05) is 7.11 Å². The van der Waals surface area contributed by atoms with Crippen LogP contribution in [-0.4, -0.2) is 12.1 Å². The molecule has 2 nitrogen and oxygen atoms in total. The SMILES string of the molecule is COc1cc(C)c2[nH]c3ccc(Br)cc3c2c1Br. The second-order valence-electron chi connectivity index (χ2n) is 4.27. The molecule has 0 radical (unpaired) electrons. The number of rotatable bonds is 1. The van der Waals surface area contributed by atoms with Gasteiger partial charge in [-0.25, -0.2) is 0 Å². The number of benzene rings is 2. The maximum atomic E-state index is 5.41. The van der Waals surface area contributed by atoms with E-state index in [2.05, 4.69) is 55.9 Å². The molecule has 0 saturated carbocycles. The number of nitrogens with one attached hydrogen (secondary N) is 1. The topological polar surface area (TPSA) is 25.0 Å². The molecule has 1 heterocycles. The van der Waals surface area contributed by atoms with Gasteiger partial charge >= 0.3 is 0 Å². The summed E-state index contributed by atoms with van der Waals surface area (Å²) in [6.07, 6.45) is 0. The van der Waals surface area contributed by atoms with Gasteiger partial charge < -0.3 is 9.72 Å². The fourth-order valence-corrected chi connectivity index (χ4v) is 3.34. The fourth-order valence-electron chi connectivity index (χ4n) is 2.29. The number of aromatic nitrogens is 1. The number of H-pyrrole nitrogens is 1. The largest absolute Gasteiger partial charge is 0.496 e. The maximum Gasteiger partial charge on any atom is 0.134 e. The Morgan fingerprint density at radius 1 is 1.17 bits per heavy atom. The first kappa shape index (κ1) is 12.1. The summed E-state index contributed by atoms with van der Waals surface area (Å²) in [5.74, 6) is 0.862. The van der Waals surface area contributed by atoms with Gasteiger partial charge in [-0.05, 0) is 52.7 Å². The average Bonchev–Trinajstić information content (AvgIpc) is 2.73. The van der Waals surface area contributed by atoms with E-state index in [0.717, 1.165) is 25.7 Å². The molecule has 2 aromatic carbocycles. The second-order valence-corrected chi connectivity index (χ2v) is 5.98. The van der Waals surface area contributed by atoms with E-state index in [-0.39, 0.29) is 0 Å². The Morgan fingerprint density at radius 3 is 2.67 bits per heavy atom. The summed E-state index contributed by atoms with van der Waals surface area (Å²) in [5.41, 5.74) is 3.46.